The second-order valence-corrected chi connectivity index (χ2v) is 6.10. The maximum Gasteiger partial charge on any atom is 0.0969 e. The molecule has 20 heavy (non-hydrogen) atoms. The van der Waals surface area contributed by atoms with Crippen molar-refractivity contribution in [2.24, 2.45) is 5.92 Å². The van der Waals surface area contributed by atoms with Crippen molar-refractivity contribution in [3.05, 3.63) is 39.6 Å². The van der Waals surface area contributed by atoms with Crippen LogP contribution in [0.15, 0.2) is 18.3 Å². The van der Waals surface area contributed by atoms with Crippen molar-refractivity contribution in [3.8, 4) is 5.69 Å². The lowest BCUT2D eigenvalue weighted by Gasteiger charge is -2.06. The third-order valence-electron chi connectivity index (χ3n) is 3.45. The zero-order valence-corrected chi connectivity index (χ0v) is 12.7. The summed E-state index contributed by atoms with van der Waals surface area (Å²) in [7, 11) is 0. The Morgan fingerprint density at radius 1 is 1.30 bits per heavy atom. The van der Waals surface area contributed by atoms with Gasteiger partial charge in [-0.15, -0.1) is 5.10 Å². The molecule has 0 atom stereocenters. The number of aryl methyl sites for hydroxylation is 1. The van der Waals surface area contributed by atoms with Crippen LogP contribution >= 0.6 is 23.2 Å². The predicted octanol–water partition coefficient (Wildman–Crippen LogP) is 3.38. The lowest BCUT2D eigenvalue weighted by Crippen LogP contribution is -2.16. The Morgan fingerprint density at radius 2 is 2.10 bits per heavy atom. The lowest BCUT2D eigenvalue weighted by molar-refractivity contribution is 0.628. The van der Waals surface area contributed by atoms with Crippen LogP contribution in [0.2, 0.25) is 10.0 Å². The molecule has 1 aliphatic carbocycles. The average Bonchev–Trinajstić information content (AvgIpc) is 3.11. The Hall–Kier alpha value is -1.10. The van der Waals surface area contributed by atoms with Crippen LogP contribution in [0.1, 0.15) is 24.1 Å². The largest absolute Gasteiger partial charge is 0.311 e. The predicted molar refractivity (Wildman–Crippen MR) is 80.5 cm³/mol. The maximum atomic E-state index is 6.24. The van der Waals surface area contributed by atoms with Crippen LogP contribution in [0.3, 0.4) is 0 Å². The fourth-order valence-electron chi connectivity index (χ4n) is 2.03. The average molecular weight is 311 g/mol. The molecule has 0 spiro atoms. The van der Waals surface area contributed by atoms with Gasteiger partial charge in [-0.05, 0) is 49.9 Å². The van der Waals surface area contributed by atoms with Crippen molar-refractivity contribution in [2.45, 2.75) is 26.3 Å². The van der Waals surface area contributed by atoms with Gasteiger partial charge in [0.05, 0.1) is 22.6 Å². The quantitative estimate of drug-likeness (QED) is 0.920. The lowest BCUT2D eigenvalue weighted by atomic mass is 10.2. The summed E-state index contributed by atoms with van der Waals surface area (Å²) in [4.78, 5) is 0. The molecule has 0 radical (unpaired) electrons. The maximum absolute atomic E-state index is 6.24. The molecule has 1 saturated carbocycles. The highest BCUT2D eigenvalue weighted by Crippen LogP contribution is 2.28. The zero-order chi connectivity index (χ0) is 14.1. The van der Waals surface area contributed by atoms with Gasteiger partial charge < -0.3 is 5.32 Å². The zero-order valence-electron chi connectivity index (χ0n) is 11.2. The van der Waals surface area contributed by atoms with E-state index in [9.17, 15) is 0 Å². The van der Waals surface area contributed by atoms with Crippen molar-refractivity contribution < 1.29 is 0 Å². The Kier molecular flexibility index (Phi) is 3.96. The Bertz CT molecular complexity index is 620. The van der Waals surface area contributed by atoms with Gasteiger partial charge in [-0.25, -0.2) is 4.68 Å². The Balaban J connectivity index is 1.73. The number of rotatable bonds is 5. The molecule has 1 N–H and O–H groups in total. The third-order valence-corrected chi connectivity index (χ3v) is 4.16. The number of nitrogens with one attached hydrogen (secondary N) is 1. The van der Waals surface area contributed by atoms with Crippen LogP contribution in [0.5, 0.6) is 0 Å². The molecule has 0 unspecified atom stereocenters. The molecular weight excluding hydrogens is 295 g/mol. The van der Waals surface area contributed by atoms with Gasteiger partial charge >= 0.3 is 0 Å². The van der Waals surface area contributed by atoms with Gasteiger partial charge in [0.25, 0.3) is 0 Å². The first-order valence-corrected chi connectivity index (χ1v) is 7.47. The van der Waals surface area contributed by atoms with E-state index >= 15 is 0 Å². The van der Waals surface area contributed by atoms with Gasteiger partial charge in [0.15, 0.2) is 0 Å². The number of nitrogens with zero attached hydrogens (tertiary/aromatic N) is 3. The summed E-state index contributed by atoms with van der Waals surface area (Å²) in [6, 6.07) is 3.65. The monoisotopic (exact) mass is 310 g/mol. The topological polar surface area (TPSA) is 42.7 Å². The fraction of sp³-hybridized carbons (Fsp3) is 0.429. The normalized spacial score (nSPS) is 14.8. The van der Waals surface area contributed by atoms with Gasteiger partial charge in [-0.1, -0.05) is 28.4 Å². The molecule has 1 aromatic heterocycles. The first-order chi connectivity index (χ1) is 9.63. The molecule has 6 heteroatoms. The van der Waals surface area contributed by atoms with Crippen molar-refractivity contribution in [1.29, 1.82) is 0 Å². The molecule has 0 aliphatic heterocycles. The van der Waals surface area contributed by atoms with Crippen LogP contribution in [-0.2, 0) is 6.54 Å². The van der Waals surface area contributed by atoms with Crippen LogP contribution < -0.4 is 5.32 Å². The minimum Gasteiger partial charge on any atom is -0.311 e. The molecule has 0 bridgehead atoms. The molecule has 1 fully saturated rings. The van der Waals surface area contributed by atoms with E-state index in [4.69, 9.17) is 23.2 Å². The van der Waals surface area contributed by atoms with Crippen LogP contribution in [0.25, 0.3) is 5.69 Å². The summed E-state index contributed by atoms with van der Waals surface area (Å²) in [5, 5.41) is 12.9. The summed E-state index contributed by atoms with van der Waals surface area (Å²) in [6.07, 6.45) is 4.57. The summed E-state index contributed by atoms with van der Waals surface area (Å²) >= 11 is 12.4. The van der Waals surface area contributed by atoms with E-state index in [0.29, 0.717) is 10.0 Å². The summed E-state index contributed by atoms with van der Waals surface area (Å²) in [5.74, 6) is 0.857. The standard InChI is InChI=1S/C14H16Cl2N4/c1-9-4-13(16)14(5-12(9)15)20-8-11(18-19-20)7-17-6-10-2-3-10/h4-5,8,10,17H,2-3,6-7H2,1H3. The van der Waals surface area contributed by atoms with Gasteiger partial charge in [0.1, 0.15) is 0 Å². The van der Waals surface area contributed by atoms with E-state index in [0.717, 1.165) is 36.0 Å². The van der Waals surface area contributed by atoms with Crippen LogP contribution in [0.4, 0.5) is 0 Å². The number of benzene rings is 1. The van der Waals surface area contributed by atoms with E-state index in [1.807, 2.05) is 25.3 Å². The molecule has 2 aromatic rings. The summed E-state index contributed by atoms with van der Waals surface area (Å²) in [5.41, 5.74) is 2.61. The second-order valence-electron chi connectivity index (χ2n) is 5.28. The molecule has 106 valence electrons. The molecule has 1 aliphatic rings. The van der Waals surface area contributed by atoms with Gasteiger partial charge in [-0.2, -0.15) is 0 Å². The van der Waals surface area contributed by atoms with E-state index in [-0.39, 0.29) is 0 Å². The molecule has 0 amide bonds. The molecule has 1 heterocycles. The smallest absolute Gasteiger partial charge is 0.0969 e. The van der Waals surface area contributed by atoms with E-state index < -0.39 is 0 Å². The van der Waals surface area contributed by atoms with Crippen LogP contribution in [-0.4, -0.2) is 21.5 Å². The number of aromatic nitrogens is 3. The molecule has 4 nitrogen and oxygen atoms in total. The minimum atomic E-state index is 0.620. The van der Waals surface area contributed by atoms with Crippen molar-refractivity contribution in [3.63, 3.8) is 0 Å². The molecular formula is C14H16Cl2N4. The highest BCUT2D eigenvalue weighted by Gasteiger charge is 2.20. The van der Waals surface area contributed by atoms with E-state index in [2.05, 4.69) is 15.6 Å². The van der Waals surface area contributed by atoms with Crippen molar-refractivity contribution in [1.82, 2.24) is 20.3 Å². The number of hydrogen-bond donors (Lipinski definition) is 1. The number of hydrogen-bond acceptors (Lipinski definition) is 3. The fourth-order valence-corrected chi connectivity index (χ4v) is 2.50. The minimum absolute atomic E-state index is 0.620. The van der Waals surface area contributed by atoms with Gasteiger partial charge in [0.2, 0.25) is 0 Å². The van der Waals surface area contributed by atoms with E-state index in [1.165, 1.54) is 12.8 Å². The highest BCUT2D eigenvalue weighted by molar-refractivity contribution is 6.35. The Morgan fingerprint density at radius 3 is 2.85 bits per heavy atom. The third kappa shape index (κ3) is 3.14. The molecule has 1 aromatic carbocycles. The van der Waals surface area contributed by atoms with Gasteiger partial charge in [0, 0.05) is 11.6 Å². The highest BCUT2D eigenvalue weighted by atomic mass is 35.5. The summed E-state index contributed by atoms with van der Waals surface area (Å²) in [6.45, 7) is 3.71. The number of halogens is 2. The van der Waals surface area contributed by atoms with Crippen molar-refractivity contribution >= 4 is 23.2 Å². The van der Waals surface area contributed by atoms with Gasteiger partial charge in [-0.3, -0.25) is 0 Å². The SMILES string of the molecule is Cc1cc(Cl)c(-n2cc(CNCC3CC3)nn2)cc1Cl. The summed E-state index contributed by atoms with van der Waals surface area (Å²) < 4.78 is 1.67. The first kappa shape index (κ1) is 13.9. The van der Waals surface area contributed by atoms with E-state index in [1.54, 1.807) is 4.68 Å². The van der Waals surface area contributed by atoms with Crippen LogP contribution in [0, 0.1) is 12.8 Å². The Labute approximate surface area is 128 Å². The van der Waals surface area contributed by atoms with Crippen molar-refractivity contribution in [2.75, 3.05) is 6.54 Å². The molecule has 3 rings (SSSR count). The molecule has 0 saturated heterocycles. The second kappa shape index (κ2) is 5.72. The first-order valence-electron chi connectivity index (χ1n) is 6.71.